The summed E-state index contributed by atoms with van der Waals surface area (Å²) in [5.74, 6) is 0.556. The Bertz CT molecular complexity index is 744. The molecule has 28 heavy (non-hydrogen) atoms. The third-order valence-corrected chi connectivity index (χ3v) is 4.71. The van der Waals surface area contributed by atoms with Crippen molar-refractivity contribution in [1.29, 1.82) is 0 Å². The zero-order valence-corrected chi connectivity index (χ0v) is 17.0. The standard InChI is InChI=1S/C23H30N2O3/c1-4-5-15-24-23(27)18(2)25(17-20-9-7-6-8-10-20)22(26)16-19-11-13-21(28-3)14-12-19/h6-14,18H,4-5,15-17H2,1-3H3,(H,24,27)/t18-/m0/s1. The van der Waals surface area contributed by atoms with Crippen LogP contribution in [0.15, 0.2) is 54.6 Å². The maximum atomic E-state index is 13.1. The summed E-state index contributed by atoms with van der Waals surface area (Å²) in [6.45, 7) is 4.90. The third kappa shape index (κ3) is 6.41. The van der Waals surface area contributed by atoms with Crippen LogP contribution in [0.2, 0.25) is 0 Å². The molecule has 0 saturated carbocycles. The van der Waals surface area contributed by atoms with Crippen molar-refractivity contribution in [1.82, 2.24) is 10.2 Å². The van der Waals surface area contributed by atoms with E-state index in [-0.39, 0.29) is 18.2 Å². The second-order valence-electron chi connectivity index (χ2n) is 6.85. The average Bonchev–Trinajstić information content (AvgIpc) is 2.72. The molecule has 0 bridgehead atoms. The summed E-state index contributed by atoms with van der Waals surface area (Å²) in [5, 5.41) is 2.93. The summed E-state index contributed by atoms with van der Waals surface area (Å²) in [7, 11) is 1.61. The van der Waals surface area contributed by atoms with E-state index in [1.54, 1.807) is 18.9 Å². The van der Waals surface area contributed by atoms with E-state index in [1.807, 2.05) is 54.6 Å². The predicted octanol–water partition coefficient (Wildman–Crippen LogP) is 3.57. The Morgan fingerprint density at radius 3 is 2.32 bits per heavy atom. The van der Waals surface area contributed by atoms with Gasteiger partial charge < -0.3 is 15.0 Å². The van der Waals surface area contributed by atoms with E-state index in [2.05, 4.69) is 12.2 Å². The van der Waals surface area contributed by atoms with Crippen molar-refractivity contribution in [3.63, 3.8) is 0 Å². The van der Waals surface area contributed by atoms with Gasteiger partial charge in [0.25, 0.3) is 0 Å². The number of unbranched alkanes of at least 4 members (excludes halogenated alkanes) is 1. The largest absolute Gasteiger partial charge is 0.497 e. The molecule has 0 radical (unpaired) electrons. The van der Waals surface area contributed by atoms with E-state index >= 15 is 0 Å². The van der Waals surface area contributed by atoms with Crippen LogP contribution in [0.3, 0.4) is 0 Å². The Labute approximate surface area is 167 Å². The first-order valence-corrected chi connectivity index (χ1v) is 9.79. The lowest BCUT2D eigenvalue weighted by molar-refractivity contribution is -0.140. The van der Waals surface area contributed by atoms with Crippen molar-refractivity contribution in [3.05, 3.63) is 65.7 Å². The molecule has 2 rings (SSSR count). The van der Waals surface area contributed by atoms with E-state index in [4.69, 9.17) is 4.74 Å². The number of methoxy groups -OCH3 is 1. The highest BCUT2D eigenvalue weighted by atomic mass is 16.5. The van der Waals surface area contributed by atoms with Crippen molar-refractivity contribution in [2.75, 3.05) is 13.7 Å². The van der Waals surface area contributed by atoms with Gasteiger partial charge in [0.05, 0.1) is 13.5 Å². The number of benzene rings is 2. The molecule has 5 heteroatoms. The fraction of sp³-hybridized carbons (Fsp3) is 0.391. The van der Waals surface area contributed by atoms with Crippen LogP contribution in [-0.4, -0.2) is 36.4 Å². The van der Waals surface area contributed by atoms with E-state index in [0.29, 0.717) is 13.1 Å². The number of amides is 2. The number of carbonyl (C=O) groups excluding carboxylic acids is 2. The summed E-state index contributed by atoms with van der Waals surface area (Å²) >= 11 is 0. The normalized spacial score (nSPS) is 11.5. The monoisotopic (exact) mass is 382 g/mol. The highest BCUT2D eigenvalue weighted by Crippen LogP contribution is 2.15. The number of ether oxygens (including phenoxy) is 1. The summed E-state index contributed by atoms with van der Waals surface area (Å²) in [6, 6.07) is 16.6. The summed E-state index contributed by atoms with van der Waals surface area (Å²) in [4.78, 5) is 27.3. The van der Waals surface area contributed by atoms with Crippen LogP contribution in [0.1, 0.15) is 37.8 Å². The van der Waals surface area contributed by atoms with Crippen LogP contribution in [-0.2, 0) is 22.6 Å². The van der Waals surface area contributed by atoms with Gasteiger partial charge in [-0.05, 0) is 36.6 Å². The Balaban J connectivity index is 2.13. The van der Waals surface area contributed by atoms with Gasteiger partial charge in [-0.15, -0.1) is 0 Å². The molecule has 2 aromatic rings. The van der Waals surface area contributed by atoms with E-state index in [9.17, 15) is 9.59 Å². The second-order valence-corrected chi connectivity index (χ2v) is 6.85. The number of hydrogen-bond acceptors (Lipinski definition) is 3. The van der Waals surface area contributed by atoms with Crippen LogP contribution in [0.5, 0.6) is 5.75 Å². The van der Waals surface area contributed by atoms with Gasteiger partial charge in [-0.25, -0.2) is 0 Å². The molecule has 0 aliphatic rings. The smallest absolute Gasteiger partial charge is 0.242 e. The summed E-state index contributed by atoms with van der Waals surface area (Å²) < 4.78 is 5.17. The zero-order valence-electron chi connectivity index (χ0n) is 17.0. The number of nitrogens with one attached hydrogen (secondary N) is 1. The maximum Gasteiger partial charge on any atom is 0.242 e. The van der Waals surface area contributed by atoms with Gasteiger partial charge in [0.15, 0.2) is 0 Å². The van der Waals surface area contributed by atoms with Gasteiger partial charge in [0.1, 0.15) is 11.8 Å². The SMILES string of the molecule is CCCCNC(=O)[C@H](C)N(Cc1ccccc1)C(=O)Cc1ccc(OC)cc1. The lowest BCUT2D eigenvalue weighted by Gasteiger charge is -2.29. The molecule has 0 heterocycles. The first-order chi connectivity index (χ1) is 13.5. The molecule has 0 aliphatic heterocycles. The zero-order chi connectivity index (χ0) is 20.4. The molecule has 0 aliphatic carbocycles. The third-order valence-electron chi connectivity index (χ3n) is 4.71. The van der Waals surface area contributed by atoms with Crippen LogP contribution in [0, 0.1) is 0 Å². The Kier molecular flexibility index (Phi) is 8.53. The Morgan fingerprint density at radius 2 is 1.71 bits per heavy atom. The van der Waals surface area contributed by atoms with Crippen molar-refractivity contribution in [2.45, 2.75) is 45.7 Å². The topological polar surface area (TPSA) is 58.6 Å². The minimum atomic E-state index is -0.539. The lowest BCUT2D eigenvalue weighted by Crippen LogP contribution is -2.48. The van der Waals surface area contributed by atoms with Gasteiger partial charge >= 0.3 is 0 Å². The van der Waals surface area contributed by atoms with E-state index in [1.165, 1.54) is 0 Å². The number of carbonyl (C=O) groups is 2. The quantitative estimate of drug-likeness (QED) is 0.639. The lowest BCUT2D eigenvalue weighted by atomic mass is 10.1. The number of rotatable bonds is 10. The number of nitrogens with zero attached hydrogens (tertiary/aromatic N) is 1. The highest BCUT2D eigenvalue weighted by Gasteiger charge is 2.26. The summed E-state index contributed by atoms with van der Waals surface area (Å²) in [6.07, 6.45) is 2.18. The van der Waals surface area contributed by atoms with Crippen LogP contribution in [0.4, 0.5) is 0 Å². The first kappa shape index (κ1) is 21.5. The fourth-order valence-corrected chi connectivity index (χ4v) is 2.92. The molecule has 2 amide bonds. The van der Waals surface area contributed by atoms with Crippen molar-refractivity contribution in [3.8, 4) is 5.75 Å². The molecule has 5 nitrogen and oxygen atoms in total. The molecule has 2 aromatic carbocycles. The average molecular weight is 383 g/mol. The van der Waals surface area contributed by atoms with Crippen LogP contribution in [0.25, 0.3) is 0 Å². The molecule has 150 valence electrons. The van der Waals surface area contributed by atoms with Gasteiger partial charge in [-0.2, -0.15) is 0 Å². The van der Waals surface area contributed by atoms with Crippen molar-refractivity contribution < 1.29 is 14.3 Å². The maximum absolute atomic E-state index is 13.1. The minimum absolute atomic E-state index is 0.0767. The molecule has 0 spiro atoms. The van der Waals surface area contributed by atoms with Crippen LogP contribution >= 0.6 is 0 Å². The highest BCUT2D eigenvalue weighted by molar-refractivity contribution is 5.88. The minimum Gasteiger partial charge on any atom is -0.497 e. The molecule has 0 unspecified atom stereocenters. The van der Waals surface area contributed by atoms with Gasteiger partial charge in [-0.1, -0.05) is 55.8 Å². The van der Waals surface area contributed by atoms with Gasteiger partial charge in [0, 0.05) is 13.1 Å². The van der Waals surface area contributed by atoms with Gasteiger partial charge in [0.2, 0.25) is 11.8 Å². The molecule has 0 fully saturated rings. The molecular weight excluding hydrogens is 352 g/mol. The summed E-state index contributed by atoms with van der Waals surface area (Å²) in [5.41, 5.74) is 1.89. The fourth-order valence-electron chi connectivity index (χ4n) is 2.92. The van der Waals surface area contributed by atoms with E-state index in [0.717, 1.165) is 29.7 Å². The molecular formula is C23H30N2O3. The second kappa shape index (κ2) is 11.1. The molecule has 1 atom stereocenters. The Hall–Kier alpha value is -2.82. The van der Waals surface area contributed by atoms with E-state index < -0.39 is 6.04 Å². The van der Waals surface area contributed by atoms with Crippen molar-refractivity contribution >= 4 is 11.8 Å². The van der Waals surface area contributed by atoms with Crippen molar-refractivity contribution in [2.24, 2.45) is 0 Å². The predicted molar refractivity (Wildman–Crippen MR) is 111 cm³/mol. The Morgan fingerprint density at radius 1 is 1.04 bits per heavy atom. The number of hydrogen-bond donors (Lipinski definition) is 1. The molecule has 1 N–H and O–H groups in total. The molecule has 0 saturated heterocycles. The van der Waals surface area contributed by atoms with Gasteiger partial charge in [-0.3, -0.25) is 9.59 Å². The van der Waals surface area contributed by atoms with Crippen LogP contribution < -0.4 is 10.1 Å². The first-order valence-electron chi connectivity index (χ1n) is 9.79. The molecule has 0 aromatic heterocycles.